The summed E-state index contributed by atoms with van der Waals surface area (Å²) in [6, 6.07) is 3.93. The smallest absolute Gasteiger partial charge is 0.279 e. The number of piperidine rings is 1. The van der Waals surface area contributed by atoms with Crippen LogP contribution in [-0.4, -0.2) is 25.5 Å². The lowest BCUT2D eigenvalue weighted by Gasteiger charge is -2.26. The van der Waals surface area contributed by atoms with Gasteiger partial charge in [0.05, 0.1) is 23.8 Å². The number of carbonyl (C=O) groups excluding carboxylic acids is 1. The third-order valence-electron chi connectivity index (χ3n) is 4.09. The molecule has 0 unspecified atom stereocenters. The topological polar surface area (TPSA) is 33.5 Å². The zero-order valence-electron chi connectivity index (χ0n) is 12.6. The maximum Gasteiger partial charge on any atom is 0.279 e. The predicted molar refractivity (Wildman–Crippen MR) is 83.5 cm³/mol. The molecule has 1 aliphatic rings. The third-order valence-corrected chi connectivity index (χ3v) is 4.39. The molecule has 0 bridgehead atoms. The number of aryl methyl sites for hydroxylation is 2. The van der Waals surface area contributed by atoms with E-state index in [1.807, 2.05) is 26.0 Å². The van der Waals surface area contributed by atoms with Crippen LogP contribution in [0.3, 0.4) is 0 Å². The van der Waals surface area contributed by atoms with Gasteiger partial charge in [0.1, 0.15) is 0 Å². The summed E-state index contributed by atoms with van der Waals surface area (Å²) in [5.74, 6) is 0.860. The van der Waals surface area contributed by atoms with Crippen molar-refractivity contribution in [3.63, 3.8) is 0 Å². The lowest BCUT2D eigenvalue weighted by Crippen LogP contribution is -3.14. The molecule has 1 aliphatic heterocycles. The van der Waals surface area contributed by atoms with E-state index in [0.29, 0.717) is 11.6 Å². The van der Waals surface area contributed by atoms with Gasteiger partial charge < -0.3 is 10.2 Å². The Morgan fingerprint density at radius 1 is 1.35 bits per heavy atom. The molecule has 0 saturated carbocycles. The SMILES string of the molecule is Cc1cc(C)c(NC(=O)C[NH+]2CCC(C)CC2)c(Cl)c1. The monoisotopic (exact) mass is 295 g/mol. The van der Waals surface area contributed by atoms with E-state index in [9.17, 15) is 4.79 Å². The number of nitrogens with one attached hydrogen (secondary N) is 2. The van der Waals surface area contributed by atoms with Crippen LogP contribution in [0.5, 0.6) is 0 Å². The minimum atomic E-state index is 0.0587. The molecule has 4 heteroatoms. The van der Waals surface area contributed by atoms with E-state index in [-0.39, 0.29) is 5.91 Å². The van der Waals surface area contributed by atoms with Gasteiger partial charge in [0.2, 0.25) is 0 Å². The van der Waals surface area contributed by atoms with E-state index in [0.717, 1.165) is 35.8 Å². The molecule has 0 spiro atoms. The average Bonchev–Trinajstić information content (AvgIpc) is 2.36. The highest BCUT2D eigenvalue weighted by Crippen LogP contribution is 2.27. The normalized spacial score (nSPS) is 22.6. The lowest BCUT2D eigenvalue weighted by molar-refractivity contribution is -0.897. The molecule has 2 N–H and O–H groups in total. The molecular weight excluding hydrogens is 272 g/mol. The molecule has 0 radical (unpaired) electrons. The van der Waals surface area contributed by atoms with E-state index in [1.165, 1.54) is 17.7 Å². The zero-order valence-corrected chi connectivity index (χ0v) is 13.3. The molecule has 1 heterocycles. The number of halogens is 1. The molecule has 20 heavy (non-hydrogen) atoms. The van der Waals surface area contributed by atoms with Gasteiger partial charge in [-0.05, 0) is 49.8 Å². The van der Waals surface area contributed by atoms with Crippen LogP contribution in [0.2, 0.25) is 5.02 Å². The van der Waals surface area contributed by atoms with Gasteiger partial charge in [0.25, 0.3) is 5.91 Å². The molecule has 1 aromatic carbocycles. The van der Waals surface area contributed by atoms with E-state index >= 15 is 0 Å². The Bertz CT molecular complexity index is 470. The Hall–Kier alpha value is -1.06. The van der Waals surface area contributed by atoms with Crippen molar-refractivity contribution in [2.24, 2.45) is 5.92 Å². The number of hydrogen-bond donors (Lipinski definition) is 2. The van der Waals surface area contributed by atoms with Crippen molar-refractivity contribution in [3.8, 4) is 0 Å². The number of likely N-dealkylation sites (tertiary alicyclic amines) is 1. The molecule has 0 aromatic heterocycles. The summed E-state index contributed by atoms with van der Waals surface area (Å²) in [6.07, 6.45) is 2.43. The van der Waals surface area contributed by atoms with Crippen molar-refractivity contribution in [2.75, 3.05) is 25.0 Å². The molecule has 2 rings (SSSR count). The first kappa shape index (κ1) is 15.3. The first-order chi connectivity index (χ1) is 9.45. The minimum absolute atomic E-state index is 0.0587. The van der Waals surface area contributed by atoms with Crippen molar-refractivity contribution in [3.05, 3.63) is 28.3 Å². The van der Waals surface area contributed by atoms with Crippen molar-refractivity contribution >= 4 is 23.2 Å². The molecule has 0 aliphatic carbocycles. The van der Waals surface area contributed by atoms with E-state index < -0.39 is 0 Å². The van der Waals surface area contributed by atoms with Crippen LogP contribution in [0.4, 0.5) is 5.69 Å². The van der Waals surface area contributed by atoms with Crippen molar-refractivity contribution in [1.82, 2.24) is 0 Å². The summed E-state index contributed by atoms with van der Waals surface area (Å²) in [6.45, 7) is 8.99. The Labute approximate surface area is 126 Å². The van der Waals surface area contributed by atoms with Crippen LogP contribution in [0.15, 0.2) is 12.1 Å². The number of benzene rings is 1. The van der Waals surface area contributed by atoms with Crippen LogP contribution in [-0.2, 0) is 4.79 Å². The van der Waals surface area contributed by atoms with Gasteiger partial charge >= 0.3 is 0 Å². The van der Waals surface area contributed by atoms with Crippen molar-refractivity contribution < 1.29 is 9.69 Å². The maximum atomic E-state index is 12.2. The highest BCUT2D eigenvalue weighted by Gasteiger charge is 2.21. The lowest BCUT2D eigenvalue weighted by atomic mass is 9.99. The largest absolute Gasteiger partial charge is 0.327 e. The zero-order chi connectivity index (χ0) is 14.7. The summed E-state index contributed by atoms with van der Waals surface area (Å²) in [5.41, 5.74) is 2.89. The van der Waals surface area contributed by atoms with Gasteiger partial charge in [-0.2, -0.15) is 0 Å². The van der Waals surface area contributed by atoms with E-state index in [1.54, 1.807) is 0 Å². The standard InChI is InChI=1S/C16H23ClN2O/c1-11-4-6-19(7-5-11)10-15(20)18-16-13(3)8-12(2)9-14(16)17/h8-9,11H,4-7,10H2,1-3H3,(H,18,20)/p+1. The van der Waals surface area contributed by atoms with Crippen LogP contribution < -0.4 is 10.2 Å². The van der Waals surface area contributed by atoms with Gasteiger partial charge in [-0.3, -0.25) is 4.79 Å². The number of rotatable bonds is 3. The fourth-order valence-electron chi connectivity index (χ4n) is 2.83. The fourth-order valence-corrected chi connectivity index (χ4v) is 3.20. The Morgan fingerprint density at radius 2 is 2.00 bits per heavy atom. The summed E-state index contributed by atoms with van der Waals surface area (Å²) >= 11 is 6.22. The number of amides is 1. The molecule has 0 atom stereocenters. The van der Waals surface area contributed by atoms with Crippen molar-refractivity contribution in [2.45, 2.75) is 33.6 Å². The summed E-state index contributed by atoms with van der Waals surface area (Å²) < 4.78 is 0. The van der Waals surface area contributed by atoms with Crippen LogP contribution in [0.1, 0.15) is 30.9 Å². The van der Waals surface area contributed by atoms with Crippen molar-refractivity contribution in [1.29, 1.82) is 0 Å². The molecule has 1 fully saturated rings. The van der Waals surface area contributed by atoms with Gasteiger partial charge in [0.15, 0.2) is 6.54 Å². The number of anilines is 1. The van der Waals surface area contributed by atoms with Gasteiger partial charge in [-0.15, -0.1) is 0 Å². The van der Waals surface area contributed by atoms with Gasteiger partial charge in [0, 0.05) is 0 Å². The molecule has 1 aromatic rings. The quantitative estimate of drug-likeness (QED) is 0.881. The highest BCUT2D eigenvalue weighted by atomic mass is 35.5. The highest BCUT2D eigenvalue weighted by molar-refractivity contribution is 6.34. The molecular formula is C16H24ClN2O+. The Balaban J connectivity index is 1.95. The third kappa shape index (κ3) is 3.97. The average molecular weight is 296 g/mol. The second-order valence-electron chi connectivity index (χ2n) is 6.10. The second kappa shape index (κ2) is 6.59. The number of hydrogen-bond acceptors (Lipinski definition) is 1. The first-order valence-electron chi connectivity index (χ1n) is 7.36. The predicted octanol–water partition coefficient (Wildman–Crippen LogP) is 2.21. The molecule has 110 valence electrons. The Kier molecular flexibility index (Phi) is 5.06. The number of quaternary nitrogens is 1. The molecule has 1 saturated heterocycles. The second-order valence-corrected chi connectivity index (χ2v) is 6.50. The number of carbonyl (C=O) groups is 1. The van der Waals surface area contributed by atoms with E-state index in [2.05, 4.69) is 12.2 Å². The van der Waals surface area contributed by atoms with Crippen LogP contribution in [0.25, 0.3) is 0 Å². The van der Waals surface area contributed by atoms with Gasteiger partial charge in [-0.25, -0.2) is 0 Å². The summed E-state index contributed by atoms with van der Waals surface area (Å²) in [5, 5.41) is 3.60. The van der Waals surface area contributed by atoms with E-state index in [4.69, 9.17) is 11.6 Å². The van der Waals surface area contributed by atoms with Crippen LogP contribution >= 0.6 is 11.6 Å². The fraction of sp³-hybridized carbons (Fsp3) is 0.562. The molecule has 3 nitrogen and oxygen atoms in total. The minimum Gasteiger partial charge on any atom is -0.327 e. The Morgan fingerprint density at radius 3 is 2.60 bits per heavy atom. The summed E-state index contributed by atoms with van der Waals surface area (Å²) in [4.78, 5) is 13.5. The maximum absolute atomic E-state index is 12.2. The van der Waals surface area contributed by atoms with Gasteiger partial charge in [-0.1, -0.05) is 24.6 Å². The first-order valence-corrected chi connectivity index (χ1v) is 7.73. The van der Waals surface area contributed by atoms with Crippen LogP contribution in [0, 0.1) is 19.8 Å². The summed E-state index contributed by atoms with van der Waals surface area (Å²) in [7, 11) is 0. The molecule has 1 amide bonds.